The SMILES string of the molecule is CCC(N)C(c1ccccc1Br)N(C)CC1(O)CCCC1. The molecule has 3 N–H and O–H groups in total. The highest BCUT2D eigenvalue weighted by molar-refractivity contribution is 9.10. The van der Waals surface area contributed by atoms with Gasteiger partial charge in [0.15, 0.2) is 0 Å². The third kappa shape index (κ3) is 4.07. The molecule has 3 nitrogen and oxygen atoms in total. The molecule has 2 atom stereocenters. The number of hydrogen-bond acceptors (Lipinski definition) is 3. The van der Waals surface area contributed by atoms with Crippen molar-refractivity contribution in [2.24, 2.45) is 5.73 Å². The zero-order valence-electron chi connectivity index (χ0n) is 13.1. The van der Waals surface area contributed by atoms with Crippen LogP contribution in [-0.4, -0.2) is 35.2 Å². The summed E-state index contributed by atoms with van der Waals surface area (Å²) in [5.41, 5.74) is 7.06. The van der Waals surface area contributed by atoms with Gasteiger partial charge in [0.1, 0.15) is 0 Å². The second-order valence-electron chi connectivity index (χ2n) is 6.39. The Morgan fingerprint density at radius 3 is 2.52 bits per heavy atom. The van der Waals surface area contributed by atoms with Crippen molar-refractivity contribution in [3.05, 3.63) is 34.3 Å². The van der Waals surface area contributed by atoms with Crippen molar-refractivity contribution in [3.8, 4) is 0 Å². The Labute approximate surface area is 136 Å². The lowest BCUT2D eigenvalue weighted by molar-refractivity contribution is 0.00156. The zero-order valence-corrected chi connectivity index (χ0v) is 14.6. The fourth-order valence-corrected chi connectivity index (χ4v) is 4.01. The molecule has 0 spiro atoms. The number of benzene rings is 1. The van der Waals surface area contributed by atoms with E-state index in [0.717, 1.165) is 36.6 Å². The van der Waals surface area contributed by atoms with Gasteiger partial charge >= 0.3 is 0 Å². The monoisotopic (exact) mass is 354 g/mol. The molecule has 2 unspecified atom stereocenters. The maximum atomic E-state index is 10.7. The first-order chi connectivity index (χ1) is 9.97. The molecule has 0 heterocycles. The third-order valence-electron chi connectivity index (χ3n) is 4.65. The molecule has 1 aliphatic rings. The summed E-state index contributed by atoms with van der Waals surface area (Å²) in [4.78, 5) is 2.24. The van der Waals surface area contributed by atoms with E-state index in [2.05, 4.69) is 46.9 Å². The molecule has 1 aromatic rings. The van der Waals surface area contributed by atoms with Crippen molar-refractivity contribution in [2.45, 2.75) is 56.7 Å². The second kappa shape index (κ2) is 7.23. The lowest BCUT2D eigenvalue weighted by Crippen LogP contribution is -2.46. The van der Waals surface area contributed by atoms with Gasteiger partial charge < -0.3 is 10.8 Å². The molecule has 1 saturated carbocycles. The van der Waals surface area contributed by atoms with Gasteiger partial charge in [-0.2, -0.15) is 0 Å². The lowest BCUT2D eigenvalue weighted by Gasteiger charge is -2.37. The number of rotatable bonds is 6. The maximum Gasteiger partial charge on any atom is 0.0774 e. The minimum absolute atomic E-state index is 0.0544. The first-order valence-electron chi connectivity index (χ1n) is 7.89. The molecule has 21 heavy (non-hydrogen) atoms. The van der Waals surface area contributed by atoms with Gasteiger partial charge in [-0.3, -0.25) is 4.90 Å². The van der Waals surface area contributed by atoms with E-state index in [9.17, 15) is 5.11 Å². The molecule has 0 aliphatic heterocycles. The topological polar surface area (TPSA) is 49.5 Å². The smallest absolute Gasteiger partial charge is 0.0774 e. The maximum absolute atomic E-state index is 10.7. The predicted octanol–water partition coefficient (Wildman–Crippen LogP) is 3.46. The van der Waals surface area contributed by atoms with Gasteiger partial charge in [0.25, 0.3) is 0 Å². The lowest BCUT2D eigenvalue weighted by atomic mass is 9.94. The summed E-state index contributed by atoms with van der Waals surface area (Å²) in [5, 5.41) is 10.7. The van der Waals surface area contributed by atoms with Crippen LogP contribution in [0.5, 0.6) is 0 Å². The largest absolute Gasteiger partial charge is 0.389 e. The highest BCUT2D eigenvalue weighted by Gasteiger charge is 2.35. The fourth-order valence-electron chi connectivity index (χ4n) is 3.49. The van der Waals surface area contributed by atoms with E-state index in [0.29, 0.717) is 6.54 Å². The standard InChI is InChI=1S/C17H27BrN2O/c1-3-15(19)16(13-8-4-5-9-14(13)18)20(2)12-17(21)10-6-7-11-17/h4-5,8-9,15-16,21H,3,6-7,10-12,19H2,1-2H3. The number of halogens is 1. The van der Waals surface area contributed by atoms with Gasteiger partial charge in [0.05, 0.1) is 11.6 Å². The summed E-state index contributed by atoms with van der Waals surface area (Å²) in [6.45, 7) is 2.80. The fraction of sp³-hybridized carbons (Fsp3) is 0.647. The molecular weight excluding hydrogens is 328 g/mol. The molecule has 0 bridgehead atoms. The quantitative estimate of drug-likeness (QED) is 0.822. The first kappa shape index (κ1) is 16.9. The van der Waals surface area contributed by atoms with Crippen molar-refractivity contribution < 1.29 is 5.11 Å². The molecule has 0 saturated heterocycles. The van der Waals surface area contributed by atoms with Crippen LogP contribution in [0.25, 0.3) is 0 Å². The van der Waals surface area contributed by atoms with Crippen LogP contribution in [-0.2, 0) is 0 Å². The number of hydrogen-bond donors (Lipinski definition) is 2. The van der Waals surface area contributed by atoms with Crippen LogP contribution in [0.15, 0.2) is 28.7 Å². The van der Waals surface area contributed by atoms with Gasteiger partial charge in [-0.25, -0.2) is 0 Å². The summed E-state index contributed by atoms with van der Waals surface area (Å²) in [5.74, 6) is 0. The van der Waals surface area contributed by atoms with Gasteiger partial charge in [0.2, 0.25) is 0 Å². The molecule has 2 rings (SSSR count). The van der Waals surface area contributed by atoms with Crippen molar-refractivity contribution in [2.75, 3.05) is 13.6 Å². The summed E-state index contributed by atoms with van der Waals surface area (Å²) in [6, 6.07) is 8.43. The predicted molar refractivity (Wildman–Crippen MR) is 91.2 cm³/mol. The van der Waals surface area contributed by atoms with Crippen molar-refractivity contribution in [1.82, 2.24) is 4.90 Å². The molecule has 1 aliphatic carbocycles. The Morgan fingerprint density at radius 1 is 1.33 bits per heavy atom. The molecule has 4 heteroatoms. The van der Waals surface area contributed by atoms with Crippen molar-refractivity contribution >= 4 is 15.9 Å². The Kier molecular flexibility index (Phi) is 5.83. The Morgan fingerprint density at radius 2 is 1.95 bits per heavy atom. The third-order valence-corrected chi connectivity index (χ3v) is 5.38. The van der Waals surface area contributed by atoms with Gasteiger partial charge in [0, 0.05) is 17.1 Å². The van der Waals surface area contributed by atoms with Crippen LogP contribution < -0.4 is 5.73 Å². The van der Waals surface area contributed by atoms with Crippen LogP contribution >= 0.6 is 15.9 Å². The molecule has 1 aromatic carbocycles. The first-order valence-corrected chi connectivity index (χ1v) is 8.69. The van der Waals surface area contributed by atoms with Crippen LogP contribution in [0.1, 0.15) is 50.6 Å². The Bertz CT molecular complexity index is 460. The molecule has 0 radical (unpaired) electrons. The van der Waals surface area contributed by atoms with Crippen LogP contribution in [0.3, 0.4) is 0 Å². The number of likely N-dealkylation sites (N-methyl/N-ethyl adjacent to an activating group) is 1. The van der Waals surface area contributed by atoms with E-state index in [4.69, 9.17) is 5.73 Å². The normalized spacial score (nSPS) is 20.7. The van der Waals surface area contributed by atoms with Crippen LogP contribution in [0.4, 0.5) is 0 Å². The summed E-state index contributed by atoms with van der Waals surface area (Å²) in [6.07, 6.45) is 4.98. The van der Waals surface area contributed by atoms with E-state index in [1.165, 1.54) is 5.56 Å². The Hall–Kier alpha value is -0.420. The van der Waals surface area contributed by atoms with Crippen molar-refractivity contribution in [3.63, 3.8) is 0 Å². The van der Waals surface area contributed by atoms with E-state index in [-0.39, 0.29) is 12.1 Å². The average Bonchev–Trinajstić information content (AvgIpc) is 2.87. The van der Waals surface area contributed by atoms with Crippen molar-refractivity contribution in [1.29, 1.82) is 0 Å². The van der Waals surface area contributed by atoms with Gasteiger partial charge in [-0.15, -0.1) is 0 Å². The van der Waals surface area contributed by atoms with Crippen LogP contribution in [0.2, 0.25) is 0 Å². The van der Waals surface area contributed by atoms with Gasteiger partial charge in [-0.05, 0) is 37.9 Å². The molecule has 0 amide bonds. The summed E-state index contributed by atoms with van der Waals surface area (Å²) < 4.78 is 1.09. The van der Waals surface area contributed by atoms with E-state index < -0.39 is 5.60 Å². The highest BCUT2D eigenvalue weighted by Crippen LogP contribution is 2.35. The molecule has 118 valence electrons. The number of nitrogens with zero attached hydrogens (tertiary/aromatic N) is 1. The minimum Gasteiger partial charge on any atom is -0.389 e. The highest BCUT2D eigenvalue weighted by atomic mass is 79.9. The van der Waals surface area contributed by atoms with E-state index in [1.54, 1.807) is 0 Å². The molecule has 0 aromatic heterocycles. The number of aliphatic hydroxyl groups is 1. The average molecular weight is 355 g/mol. The molecular formula is C17H27BrN2O. The second-order valence-corrected chi connectivity index (χ2v) is 7.24. The van der Waals surface area contributed by atoms with Crippen LogP contribution in [0, 0.1) is 0 Å². The zero-order chi connectivity index (χ0) is 15.5. The van der Waals surface area contributed by atoms with Gasteiger partial charge in [-0.1, -0.05) is 53.9 Å². The van der Waals surface area contributed by atoms with E-state index in [1.807, 2.05) is 12.1 Å². The molecule has 1 fully saturated rings. The number of nitrogens with two attached hydrogens (primary N) is 1. The summed E-state index contributed by atoms with van der Waals surface area (Å²) >= 11 is 3.64. The Balaban J connectivity index is 2.21. The summed E-state index contributed by atoms with van der Waals surface area (Å²) in [7, 11) is 2.08. The minimum atomic E-state index is -0.540. The van der Waals surface area contributed by atoms with E-state index >= 15 is 0 Å².